The third kappa shape index (κ3) is 4.05. The smallest absolute Gasteiger partial charge is 0.311 e. The summed E-state index contributed by atoms with van der Waals surface area (Å²) < 4.78 is 0. The van der Waals surface area contributed by atoms with Gasteiger partial charge < -0.3 is 10.2 Å². The number of nitrogens with one attached hydrogen (secondary N) is 1. The predicted octanol–water partition coefficient (Wildman–Crippen LogP) is 2.79. The number of hydrogen-bond donors (Lipinski definition) is 1. The van der Waals surface area contributed by atoms with Crippen molar-refractivity contribution in [1.29, 1.82) is 0 Å². The molecule has 2 rings (SSSR count). The monoisotopic (exact) mass is 298 g/mol. The van der Waals surface area contributed by atoms with Crippen LogP contribution in [0.2, 0.25) is 5.15 Å². The molecule has 0 aliphatic carbocycles. The van der Waals surface area contributed by atoms with Crippen LogP contribution in [-0.2, 0) is 0 Å². The van der Waals surface area contributed by atoms with Crippen molar-refractivity contribution in [3.05, 3.63) is 27.4 Å². The van der Waals surface area contributed by atoms with E-state index in [4.69, 9.17) is 11.6 Å². The van der Waals surface area contributed by atoms with Crippen LogP contribution in [0.3, 0.4) is 0 Å². The van der Waals surface area contributed by atoms with Gasteiger partial charge in [0.2, 0.25) is 5.82 Å². The van der Waals surface area contributed by atoms with Crippen molar-refractivity contribution in [3.63, 3.8) is 0 Å². The maximum Gasteiger partial charge on any atom is 0.311 e. The Balaban J connectivity index is 1.92. The predicted molar refractivity (Wildman–Crippen MR) is 79.2 cm³/mol. The van der Waals surface area contributed by atoms with E-state index in [1.807, 2.05) is 0 Å². The van der Waals surface area contributed by atoms with E-state index in [2.05, 4.69) is 22.1 Å². The first-order valence-electron chi connectivity index (χ1n) is 6.83. The maximum absolute atomic E-state index is 10.9. The Bertz CT molecular complexity index is 477. The summed E-state index contributed by atoms with van der Waals surface area (Å²) in [6, 6.07) is 2.81. The van der Waals surface area contributed by atoms with Crippen molar-refractivity contribution in [3.8, 4) is 0 Å². The van der Waals surface area contributed by atoms with Gasteiger partial charge >= 0.3 is 5.69 Å². The number of anilines is 1. The molecule has 6 nitrogen and oxygen atoms in total. The average molecular weight is 299 g/mol. The second-order valence-corrected chi connectivity index (χ2v) is 5.64. The highest BCUT2D eigenvalue weighted by Gasteiger charge is 2.18. The van der Waals surface area contributed by atoms with Crippen molar-refractivity contribution in [1.82, 2.24) is 9.88 Å². The van der Waals surface area contributed by atoms with Crippen LogP contribution in [0.1, 0.15) is 19.8 Å². The van der Waals surface area contributed by atoms with Gasteiger partial charge in [0.25, 0.3) is 0 Å². The Morgan fingerprint density at radius 1 is 1.50 bits per heavy atom. The van der Waals surface area contributed by atoms with Crippen LogP contribution in [0.15, 0.2) is 12.1 Å². The van der Waals surface area contributed by atoms with E-state index < -0.39 is 4.92 Å². The Labute approximate surface area is 123 Å². The molecule has 1 saturated heterocycles. The summed E-state index contributed by atoms with van der Waals surface area (Å²) in [5.41, 5.74) is -0.0391. The van der Waals surface area contributed by atoms with Crippen molar-refractivity contribution in [2.75, 3.05) is 31.5 Å². The van der Waals surface area contributed by atoms with Gasteiger partial charge in [-0.25, -0.2) is 4.98 Å². The molecule has 2 heterocycles. The number of likely N-dealkylation sites (tertiary alicyclic amines) is 1. The molecule has 20 heavy (non-hydrogen) atoms. The average Bonchev–Trinajstić information content (AvgIpc) is 2.89. The van der Waals surface area contributed by atoms with Crippen molar-refractivity contribution < 1.29 is 4.92 Å². The Hall–Kier alpha value is -1.40. The van der Waals surface area contributed by atoms with E-state index in [-0.39, 0.29) is 16.7 Å². The third-order valence-corrected chi connectivity index (χ3v) is 3.63. The summed E-state index contributed by atoms with van der Waals surface area (Å²) in [5, 5.41) is 14.2. The van der Waals surface area contributed by atoms with Gasteiger partial charge in [-0.05, 0) is 37.9 Å². The topological polar surface area (TPSA) is 71.3 Å². The molecule has 0 bridgehead atoms. The molecular formula is C13H19ClN4O2. The van der Waals surface area contributed by atoms with E-state index >= 15 is 0 Å². The van der Waals surface area contributed by atoms with Gasteiger partial charge in [-0.15, -0.1) is 0 Å². The number of nitrogens with zero attached hydrogens (tertiary/aromatic N) is 3. The molecule has 1 unspecified atom stereocenters. The second kappa shape index (κ2) is 6.85. The molecule has 1 fully saturated rings. The van der Waals surface area contributed by atoms with E-state index in [1.165, 1.54) is 25.0 Å². The summed E-state index contributed by atoms with van der Waals surface area (Å²) in [6.45, 7) is 6.08. The fourth-order valence-electron chi connectivity index (χ4n) is 2.45. The first-order valence-corrected chi connectivity index (χ1v) is 7.21. The highest BCUT2D eigenvalue weighted by atomic mass is 35.5. The van der Waals surface area contributed by atoms with Crippen molar-refractivity contribution in [2.45, 2.75) is 19.8 Å². The molecule has 0 radical (unpaired) electrons. The molecular weight excluding hydrogens is 280 g/mol. The fraction of sp³-hybridized carbons (Fsp3) is 0.615. The first kappa shape index (κ1) is 15.0. The van der Waals surface area contributed by atoms with Crippen LogP contribution in [0, 0.1) is 16.0 Å². The summed E-state index contributed by atoms with van der Waals surface area (Å²) in [4.78, 5) is 16.9. The zero-order valence-electron chi connectivity index (χ0n) is 11.5. The molecule has 1 aromatic rings. The minimum absolute atomic E-state index is 0.0391. The van der Waals surface area contributed by atoms with Gasteiger partial charge in [0.05, 0.1) is 4.92 Å². The number of halogens is 1. The maximum atomic E-state index is 10.9. The zero-order valence-corrected chi connectivity index (χ0v) is 12.3. The SMILES string of the molecule is CC(CNc1nc(Cl)ccc1[N+](=O)[O-])CN1CCCC1. The zero-order chi connectivity index (χ0) is 14.5. The van der Waals surface area contributed by atoms with Crippen LogP contribution in [-0.4, -0.2) is 41.0 Å². The van der Waals surface area contributed by atoms with Gasteiger partial charge in [-0.2, -0.15) is 0 Å². The second-order valence-electron chi connectivity index (χ2n) is 5.25. The number of pyridine rings is 1. The lowest BCUT2D eigenvalue weighted by molar-refractivity contribution is -0.384. The molecule has 1 aliphatic rings. The number of nitro groups is 1. The molecule has 1 atom stereocenters. The highest BCUT2D eigenvalue weighted by Crippen LogP contribution is 2.24. The lowest BCUT2D eigenvalue weighted by atomic mass is 10.1. The summed E-state index contributed by atoms with van der Waals surface area (Å²) >= 11 is 5.79. The molecule has 0 saturated carbocycles. The van der Waals surface area contributed by atoms with Crippen LogP contribution >= 0.6 is 11.6 Å². The molecule has 1 aromatic heterocycles. The lowest BCUT2D eigenvalue weighted by Crippen LogP contribution is -2.29. The minimum atomic E-state index is -0.448. The summed E-state index contributed by atoms with van der Waals surface area (Å²) in [7, 11) is 0. The molecule has 110 valence electrons. The number of hydrogen-bond acceptors (Lipinski definition) is 5. The van der Waals surface area contributed by atoms with Gasteiger partial charge in [-0.1, -0.05) is 18.5 Å². The van der Waals surface area contributed by atoms with Gasteiger partial charge in [0.1, 0.15) is 5.15 Å². The van der Waals surface area contributed by atoms with Gasteiger partial charge in [0, 0.05) is 19.2 Å². The Morgan fingerprint density at radius 3 is 2.85 bits per heavy atom. The molecule has 0 aromatic carbocycles. The number of rotatable bonds is 6. The van der Waals surface area contributed by atoms with Crippen molar-refractivity contribution >= 4 is 23.1 Å². The van der Waals surface area contributed by atoms with E-state index in [0.717, 1.165) is 19.6 Å². The fourth-order valence-corrected chi connectivity index (χ4v) is 2.59. The highest BCUT2D eigenvalue weighted by molar-refractivity contribution is 6.29. The normalized spacial score (nSPS) is 17.1. The number of aromatic nitrogens is 1. The summed E-state index contributed by atoms with van der Waals surface area (Å²) in [6.07, 6.45) is 2.53. The molecule has 0 amide bonds. The Morgan fingerprint density at radius 2 is 2.20 bits per heavy atom. The molecule has 0 spiro atoms. The third-order valence-electron chi connectivity index (χ3n) is 3.42. The molecule has 1 aliphatic heterocycles. The van der Waals surface area contributed by atoms with E-state index in [0.29, 0.717) is 12.5 Å². The minimum Gasteiger partial charge on any atom is -0.364 e. The first-order chi connectivity index (χ1) is 9.56. The largest absolute Gasteiger partial charge is 0.364 e. The Kier molecular flexibility index (Phi) is 5.14. The van der Waals surface area contributed by atoms with E-state index in [1.54, 1.807) is 0 Å². The molecule has 1 N–H and O–H groups in total. The van der Waals surface area contributed by atoms with Gasteiger partial charge in [-0.3, -0.25) is 10.1 Å². The van der Waals surface area contributed by atoms with Crippen molar-refractivity contribution in [2.24, 2.45) is 5.92 Å². The lowest BCUT2D eigenvalue weighted by Gasteiger charge is -2.20. The van der Waals surface area contributed by atoms with Crippen LogP contribution in [0.5, 0.6) is 0 Å². The quantitative estimate of drug-likeness (QED) is 0.497. The van der Waals surface area contributed by atoms with Crippen LogP contribution in [0.25, 0.3) is 0 Å². The van der Waals surface area contributed by atoms with Gasteiger partial charge in [0.15, 0.2) is 0 Å². The molecule has 7 heteroatoms. The summed E-state index contributed by atoms with van der Waals surface area (Å²) in [5.74, 6) is 0.643. The van der Waals surface area contributed by atoms with Crippen LogP contribution in [0.4, 0.5) is 11.5 Å². The van der Waals surface area contributed by atoms with Crippen LogP contribution < -0.4 is 5.32 Å². The standard InChI is InChI=1S/C13H19ClN4O2/c1-10(9-17-6-2-3-7-17)8-15-13-11(18(19)20)4-5-12(14)16-13/h4-5,10H,2-3,6-9H2,1H3,(H,15,16). The van der Waals surface area contributed by atoms with E-state index in [9.17, 15) is 10.1 Å².